The average molecular weight is 302 g/mol. The summed E-state index contributed by atoms with van der Waals surface area (Å²) in [4.78, 5) is 0. The summed E-state index contributed by atoms with van der Waals surface area (Å²) in [7, 11) is 0. The van der Waals surface area contributed by atoms with E-state index in [1.54, 1.807) is 0 Å². The van der Waals surface area contributed by atoms with Crippen LogP contribution >= 0.6 is 0 Å². The third-order valence-electron chi connectivity index (χ3n) is 4.88. The van der Waals surface area contributed by atoms with Gasteiger partial charge < -0.3 is 9.47 Å². The van der Waals surface area contributed by atoms with Crippen molar-refractivity contribution in [1.29, 1.82) is 0 Å². The molecule has 0 saturated heterocycles. The Labute approximate surface area is 133 Å². The number of nitrogens with zero attached hydrogens (tertiary/aromatic N) is 1. The van der Waals surface area contributed by atoms with Crippen LogP contribution in [-0.4, -0.2) is 36.8 Å². The molecule has 0 N–H and O–H groups in total. The number of para-hydroxylation sites is 1. The number of rotatable bonds is 7. The Morgan fingerprint density at radius 3 is 2.86 bits per heavy atom. The molecular weight excluding hydrogens is 274 g/mol. The lowest BCUT2D eigenvalue weighted by atomic mass is 9.97. The van der Waals surface area contributed by atoms with Gasteiger partial charge in [0.1, 0.15) is 12.3 Å². The van der Waals surface area contributed by atoms with Crippen LogP contribution in [0.3, 0.4) is 0 Å². The number of unbranched alkanes of at least 4 members (excludes halogenated alkanes) is 1. The molecule has 3 rings (SSSR count). The minimum absolute atomic E-state index is 0.350. The van der Waals surface area contributed by atoms with E-state index in [9.17, 15) is 0 Å². The highest BCUT2D eigenvalue weighted by Crippen LogP contribution is 2.38. The second kappa shape index (κ2) is 7.66. The minimum Gasteiger partial charge on any atom is -0.486 e. The van der Waals surface area contributed by atoms with Gasteiger partial charge in [0.2, 0.25) is 6.04 Å². The van der Waals surface area contributed by atoms with E-state index in [2.05, 4.69) is 35.8 Å². The van der Waals surface area contributed by atoms with Crippen molar-refractivity contribution in [2.24, 2.45) is 0 Å². The lowest BCUT2D eigenvalue weighted by molar-refractivity contribution is -0.554. The summed E-state index contributed by atoms with van der Waals surface area (Å²) in [6.45, 7) is 4.74. The average Bonchev–Trinajstić information content (AvgIpc) is 3.23. The van der Waals surface area contributed by atoms with Crippen molar-refractivity contribution in [2.45, 2.75) is 57.4 Å². The van der Waals surface area contributed by atoms with Crippen LogP contribution in [0.4, 0.5) is 0 Å². The first kappa shape index (κ1) is 15.4. The van der Waals surface area contributed by atoms with E-state index in [0.717, 1.165) is 18.9 Å². The van der Waals surface area contributed by atoms with Gasteiger partial charge in [-0.25, -0.2) is 0 Å². The first-order valence-corrected chi connectivity index (χ1v) is 8.81. The quantitative estimate of drug-likeness (QED) is 0.711. The number of ether oxygens (including phenoxy) is 2. The first-order chi connectivity index (χ1) is 10.9. The van der Waals surface area contributed by atoms with Gasteiger partial charge in [0, 0.05) is 6.42 Å². The molecule has 120 valence electrons. The summed E-state index contributed by atoms with van der Waals surface area (Å²) in [6.07, 6.45) is 9.63. The standard InChI is InChI=1S/C19H28NO2/c1-2-3-12-20-15-21-13-17(20)14-22-19-11-7-6-10-18(19)16-8-4-5-9-16/h6-7,10-11,15-17H,2-5,8-9,12-14H2,1H3/q+1. The molecule has 1 saturated carbocycles. The third kappa shape index (κ3) is 3.63. The lowest BCUT2D eigenvalue weighted by Gasteiger charge is -2.17. The zero-order valence-electron chi connectivity index (χ0n) is 13.7. The van der Waals surface area contributed by atoms with Crippen LogP contribution in [0.15, 0.2) is 24.3 Å². The van der Waals surface area contributed by atoms with Crippen LogP contribution in [0.5, 0.6) is 5.75 Å². The van der Waals surface area contributed by atoms with Crippen molar-refractivity contribution in [3.8, 4) is 5.75 Å². The molecular formula is C19H28NO2+. The van der Waals surface area contributed by atoms with Crippen molar-refractivity contribution < 1.29 is 14.0 Å². The highest BCUT2D eigenvalue weighted by atomic mass is 16.5. The summed E-state index contributed by atoms with van der Waals surface area (Å²) in [5, 5.41) is 0. The van der Waals surface area contributed by atoms with Crippen LogP contribution in [0.2, 0.25) is 0 Å². The zero-order valence-corrected chi connectivity index (χ0v) is 13.7. The summed E-state index contributed by atoms with van der Waals surface area (Å²) in [5.74, 6) is 1.77. The maximum Gasteiger partial charge on any atom is 0.324 e. The highest BCUT2D eigenvalue weighted by molar-refractivity contribution is 5.41. The van der Waals surface area contributed by atoms with Crippen LogP contribution in [0.25, 0.3) is 0 Å². The number of hydrogen-bond donors (Lipinski definition) is 0. The normalized spacial score (nSPS) is 21.7. The topological polar surface area (TPSA) is 21.5 Å². The van der Waals surface area contributed by atoms with E-state index >= 15 is 0 Å². The van der Waals surface area contributed by atoms with Crippen LogP contribution in [0.1, 0.15) is 56.9 Å². The van der Waals surface area contributed by atoms with Crippen molar-refractivity contribution in [3.63, 3.8) is 0 Å². The molecule has 22 heavy (non-hydrogen) atoms. The van der Waals surface area contributed by atoms with Gasteiger partial charge in [-0.15, -0.1) is 0 Å². The Bertz CT molecular complexity index is 506. The molecule has 3 heteroatoms. The van der Waals surface area contributed by atoms with Crippen molar-refractivity contribution in [3.05, 3.63) is 29.8 Å². The molecule has 3 nitrogen and oxygen atoms in total. The molecule has 1 aliphatic heterocycles. The number of hydrogen-bond acceptors (Lipinski definition) is 2. The molecule has 0 spiro atoms. The smallest absolute Gasteiger partial charge is 0.324 e. The molecule has 0 radical (unpaired) electrons. The Kier molecular flexibility index (Phi) is 5.36. The van der Waals surface area contributed by atoms with Gasteiger partial charge >= 0.3 is 6.40 Å². The van der Waals surface area contributed by atoms with Crippen molar-refractivity contribution >= 4 is 6.40 Å². The van der Waals surface area contributed by atoms with E-state index in [1.807, 2.05) is 6.40 Å². The first-order valence-electron chi connectivity index (χ1n) is 8.81. The van der Waals surface area contributed by atoms with Gasteiger partial charge in [-0.05, 0) is 30.4 Å². The predicted molar refractivity (Wildman–Crippen MR) is 89.0 cm³/mol. The Morgan fingerprint density at radius 2 is 2.05 bits per heavy atom. The van der Waals surface area contributed by atoms with Gasteiger partial charge in [0.15, 0.2) is 13.2 Å². The molecule has 2 aliphatic rings. The maximum atomic E-state index is 6.20. The summed E-state index contributed by atoms with van der Waals surface area (Å²) < 4.78 is 14.0. The van der Waals surface area contributed by atoms with Crippen LogP contribution in [0, 0.1) is 0 Å². The van der Waals surface area contributed by atoms with Crippen molar-refractivity contribution in [1.82, 2.24) is 0 Å². The van der Waals surface area contributed by atoms with Gasteiger partial charge in [0.05, 0.1) is 0 Å². The van der Waals surface area contributed by atoms with Gasteiger partial charge in [0.25, 0.3) is 0 Å². The molecule has 0 aromatic heterocycles. The second-order valence-corrected chi connectivity index (χ2v) is 6.51. The predicted octanol–water partition coefficient (Wildman–Crippen LogP) is 3.96. The molecule has 1 atom stereocenters. The largest absolute Gasteiger partial charge is 0.486 e. The summed E-state index contributed by atoms with van der Waals surface area (Å²) in [6, 6.07) is 8.95. The van der Waals surface area contributed by atoms with Crippen LogP contribution in [-0.2, 0) is 4.74 Å². The Hall–Kier alpha value is -1.51. The molecule has 0 bridgehead atoms. The maximum absolute atomic E-state index is 6.20. The molecule has 1 aromatic rings. The fourth-order valence-electron chi connectivity index (χ4n) is 3.52. The monoisotopic (exact) mass is 302 g/mol. The second-order valence-electron chi connectivity index (χ2n) is 6.51. The van der Waals surface area contributed by atoms with Crippen LogP contribution < -0.4 is 4.74 Å². The lowest BCUT2D eigenvalue weighted by Crippen LogP contribution is -2.31. The Balaban J connectivity index is 1.60. The number of benzene rings is 1. The SMILES string of the molecule is CCCC[N+]1=COCC1COc1ccccc1C1CCCC1. The van der Waals surface area contributed by atoms with E-state index in [0.29, 0.717) is 18.6 Å². The van der Waals surface area contributed by atoms with Crippen molar-refractivity contribution in [2.75, 3.05) is 19.8 Å². The molecule has 1 heterocycles. The van der Waals surface area contributed by atoms with Gasteiger partial charge in [-0.3, -0.25) is 0 Å². The van der Waals surface area contributed by atoms with Gasteiger partial charge in [-0.2, -0.15) is 4.58 Å². The molecule has 1 aromatic carbocycles. The molecule has 1 aliphatic carbocycles. The zero-order chi connectivity index (χ0) is 15.2. The highest BCUT2D eigenvalue weighted by Gasteiger charge is 2.28. The van der Waals surface area contributed by atoms with E-state index < -0.39 is 0 Å². The molecule has 1 fully saturated rings. The summed E-state index contributed by atoms with van der Waals surface area (Å²) >= 11 is 0. The summed E-state index contributed by atoms with van der Waals surface area (Å²) in [5.41, 5.74) is 1.41. The molecule has 0 amide bonds. The fourth-order valence-corrected chi connectivity index (χ4v) is 3.52. The van der Waals surface area contributed by atoms with Gasteiger partial charge in [-0.1, -0.05) is 44.4 Å². The minimum atomic E-state index is 0.350. The van der Waals surface area contributed by atoms with E-state index in [-0.39, 0.29) is 0 Å². The molecule has 1 unspecified atom stereocenters. The fraction of sp³-hybridized carbons (Fsp3) is 0.632. The Morgan fingerprint density at radius 1 is 1.23 bits per heavy atom. The van der Waals surface area contributed by atoms with E-state index in [1.165, 1.54) is 44.1 Å². The van der Waals surface area contributed by atoms with E-state index in [4.69, 9.17) is 9.47 Å². The third-order valence-corrected chi connectivity index (χ3v) is 4.88.